The first kappa shape index (κ1) is 11.2. The number of phenolic OH excluding ortho intramolecular Hbond substituents is 1. The molecule has 2 heterocycles. The number of hydrogen-bond acceptors (Lipinski definition) is 4. The minimum atomic E-state index is 0.275. The smallest absolute Gasteiger partial charge is 0.127 e. The molecule has 0 aromatic heterocycles. The fraction of sp³-hybridized carbons (Fsp3) is 0.538. The number of hydrogen-bond donors (Lipinski definition) is 2. The first-order valence-electron chi connectivity index (χ1n) is 6.10. The quantitative estimate of drug-likeness (QED) is 0.864. The Bertz CT molecular complexity index is 404. The summed E-state index contributed by atoms with van der Waals surface area (Å²) in [6.07, 6.45) is 1.33. The molecule has 3 nitrogen and oxygen atoms in total. The Morgan fingerprint density at radius 1 is 1.47 bits per heavy atom. The molecule has 0 bridgehead atoms. The van der Waals surface area contributed by atoms with E-state index < -0.39 is 0 Å². The first-order valence-corrected chi connectivity index (χ1v) is 7.25. The number of nitrogens with one attached hydrogen (secondary N) is 1. The van der Waals surface area contributed by atoms with E-state index in [-0.39, 0.29) is 11.8 Å². The van der Waals surface area contributed by atoms with Crippen LogP contribution in [0, 0.1) is 5.92 Å². The van der Waals surface area contributed by atoms with Gasteiger partial charge in [0.1, 0.15) is 18.1 Å². The van der Waals surface area contributed by atoms with E-state index in [2.05, 4.69) is 5.32 Å². The van der Waals surface area contributed by atoms with Crippen LogP contribution in [0.3, 0.4) is 0 Å². The van der Waals surface area contributed by atoms with Crippen LogP contribution in [0.15, 0.2) is 18.2 Å². The van der Waals surface area contributed by atoms with Gasteiger partial charge in [0.15, 0.2) is 0 Å². The highest BCUT2D eigenvalue weighted by Crippen LogP contribution is 2.35. The van der Waals surface area contributed by atoms with E-state index in [9.17, 15) is 5.11 Å². The van der Waals surface area contributed by atoms with E-state index in [1.54, 1.807) is 12.1 Å². The fourth-order valence-electron chi connectivity index (χ4n) is 2.42. The molecule has 0 aliphatic carbocycles. The molecule has 1 fully saturated rings. The van der Waals surface area contributed by atoms with Gasteiger partial charge in [0.2, 0.25) is 0 Å². The average molecular weight is 251 g/mol. The molecule has 3 rings (SSSR count). The van der Waals surface area contributed by atoms with Crippen molar-refractivity contribution in [3.63, 3.8) is 0 Å². The van der Waals surface area contributed by atoms with Crippen molar-refractivity contribution < 1.29 is 9.84 Å². The van der Waals surface area contributed by atoms with Gasteiger partial charge in [0, 0.05) is 11.6 Å². The molecule has 0 radical (unpaired) electrons. The van der Waals surface area contributed by atoms with Gasteiger partial charge < -0.3 is 15.2 Å². The second kappa shape index (κ2) is 4.78. The summed E-state index contributed by atoms with van der Waals surface area (Å²) in [4.78, 5) is 0. The highest BCUT2D eigenvalue weighted by atomic mass is 32.2. The third-order valence-corrected chi connectivity index (χ3v) is 4.69. The predicted octanol–water partition coefficient (Wildman–Crippen LogP) is 2.17. The molecular weight excluding hydrogens is 234 g/mol. The Kier molecular flexibility index (Phi) is 3.16. The number of thioether (sulfide) groups is 1. The predicted molar refractivity (Wildman–Crippen MR) is 69.8 cm³/mol. The summed E-state index contributed by atoms with van der Waals surface area (Å²) in [6.45, 7) is 1.75. The van der Waals surface area contributed by atoms with E-state index in [4.69, 9.17) is 4.74 Å². The van der Waals surface area contributed by atoms with Crippen LogP contribution in [0.2, 0.25) is 0 Å². The van der Waals surface area contributed by atoms with Crippen molar-refractivity contribution in [2.75, 3.05) is 24.7 Å². The van der Waals surface area contributed by atoms with Crippen LogP contribution in [0.5, 0.6) is 11.5 Å². The van der Waals surface area contributed by atoms with Crippen molar-refractivity contribution in [2.24, 2.45) is 5.92 Å². The Labute approximate surface area is 106 Å². The molecule has 2 unspecified atom stereocenters. The standard InChI is InChI=1S/C13H17NO2S/c15-10-1-2-11-12(7-16-13(11)5-10)14-6-9-3-4-17-8-9/h1-2,5,9,12,14-15H,3-4,6-8H2. The largest absolute Gasteiger partial charge is 0.508 e. The van der Waals surface area contributed by atoms with Gasteiger partial charge in [-0.2, -0.15) is 11.8 Å². The van der Waals surface area contributed by atoms with E-state index >= 15 is 0 Å². The molecule has 2 N–H and O–H groups in total. The molecule has 2 aliphatic rings. The maximum atomic E-state index is 9.38. The van der Waals surface area contributed by atoms with Crippen molar-refractivity contribution >= 4 is 11.8 Å². The highest BCUT2D eigenvalue weighted by Gasteiger charge is 2.25. The van der Waals surface area contributed by atoms with Gasteiger partial charge in [-0.05, 0) is 42.5 Å². The van der Waals surface area contributed by atoms with E-state index in [1.165, 1.54) is 23.5 Å². The summed E-state index contributed by atoms with van der Waals surface area (Å²) in [5.41, 5.74) is 1.17. The average Bonchev–Trinajstić information content (AvgIpc) is 2.94. The lowest BCUT2D eigenvalue weighted by atomic mass is 10.1. The van der Waals surface area contributed by atoms with Gasteiger partial charge in [-0.1, -0.05) is 0 Å². The maximum Gasteiger partial charge on any atom is 0.127 e. The lowest BCUT2D eigenvalue weighted by Gasteiger charge is -2.15. The van der Waals surface area contributed by atoms with Crippen molar-refractivity contribution in [1.29, 1.82) is 0 Å². The number of ether oxygens (including phenoxy) is 1. The summed E-state index contributed by atoms with van der Waals surface area (Å²) in [6, 6.07) is 5.67. The van der Waals surface area contributed by atoms with Crippen LogP contribution in [-0.2, 0) is 0 Å². The number of rotatable bonds is 3. The number of fused-ring (bicyclic) bond motifs is 1. The van der Waals surface area contributed by atoms with Crippen molar-refractivity contribution in [2.45, 2.75) is 12.5 Å². The summed E-state index contributed by atoms with van der Waals surface area (Å²) in [5, 5.41) is 13.0. The zero-order chi connectivity index (χ0) is 11.7. The van der Waals surface area contributed by atoms with Crippen LogP contribution in [0.25, 0.3) is 0 Å². The van der Waals surface area contributed by atoms with Crippen LogP contribution in [0.1, 0.15) is 18.0 Å². The Hall–Kier alpha value is -0.870. The summed E-state index contributed by atoms with van der Waals surface area (Å²) in [7, 11) is 0. The lowest BCUT2D eigenvalue weighted by molar-refractivity contribution is 0.304. The minimum absolute atomic E-state index is 0.275. The van der Waals surface area contributed by atoms with Crippen LogP contribution in [-0.4, -0.2) is 29.8 Å². The van der Waals surface area contributed by atoms with Gasteiger partial charge in [0.05, 0.1) is 6.04 Å². The third kappa shape index (κ3) is 2.38. The molecule has 2 atom stereocenters. The first-order chi connectivity index (χ1) is 8.33. The molecule has 0 saturated carbocycles. The number of benzene rings is 1. The fourth-order valence-corrected chi connectivity index (χ4v) is 3.71. The number of phenols is 1. The highest BCUT2D eigenvalue weighted by molar-refractivity contribution is 7.99. The molecular formula is C13H17NO2S. The molecule has 4 heteroatoms. The van der Waals surface area contributed by atoms with Gasteiger partial charge in [-0.15, -0.1) is 0 Å². The molecule has 1 saturated heterocycles. The van der Waals surface area contributed by atoms with Crippen molar-refractivity contribution in [3.05, 3.63) is 23.8 Å². The number of aromatic hydroxyl groups is 1. The second-order valence-electron chi connectivity index (χ2n) is 4.72. The van der Waals surface area contributed by atoms with Crippen LogP contribution < -0.4 is 10.1 Å². The SMILES string of the molecule is Oc1ccc2c(c1)OCC2NCC1CCSC1. The molecule has 17 heavy (non-hydrogen) atoms. The molecule has 2 aliphatic heterocycles. The van der Waals surface area contributed by atoms with Crippen molar-refractivity contribution in [3.8, 4) is 11.5 Å². The topological polar surface area (TPSA) is 41.5 Å². The third-order valence-electron chi connectivity index (χ3n) is 3.45. The molecule has 92 valence electrons. The summed E-state index contributed by atoms with van der Waals surface area (Å²) >= 11 is 2.05. The Morgan fingerprint density at radius 2 is 2.41 bits per heavy atom. The van der Waals surface area contributed by atoms with E-state index in [0.29, 0.717) is 6.61 Å². The molecule has 1 aromatic rings. The van der Waals surface area contributed by atoms with Gasteiger partial charge in [0.25, 0.3) is 0 Å². The summed E-state index contributed by atoms with van der Waals surface area (Å²) in [5.74, 6) is 4.49. The van der Waals surface area contributed by atoms with E-state index in [1.807, 2.05) is 17.8 Å². The normalized spacial score (nSPS) is 26.8. The Morgan fingerprint density at radius 3 is 3.24 bits per heavy atom. The van der Waals surface area contributed by atoms with Gasteiger partial charge in [-0.3, -0.25) is 0 Å². The minimum Gasteiger partial charge on any atom is -0.508 e. The molecule has 0 spiro atoms. The Balaban J connectivity index is 1.63. The van der Waals surface area contributed by atoms with Gasteiger partial charge >= 0.3 is 0 Å². The van der Waals surface area contributed by atoms with Crippen molar-refractivity contribution in [1.82, 2.24) is 5.32 Å². The monoisotopic (exact) mass is 251 g/mol. The van der Waals surface area contributed by atoms with Crippen LogP contribution >= 0.6 is 11.8 Å². The zero-order valence-corrected chi connectivity index (χ0v) is 10.5. The van der Waals surface area contributed by atoms with Crippen LogP contribution in [0.4, 0.5) is 0 Å². The maximum absolute atomic E-state index is 9.38. The van der Waals surface area contributed by atoms with E-state index in [0.717, 1.165) is 18.2 Å². The van der Waals surface area contributed by atoms with Gasteiger partial charge in [-0.25, -0.2) is 0 Å². The zero-order valence-electron chi connectivity index (χ0n) is 9.69. The molecule has 0 amide bonds. The molecule has 1 aromatic carbocycles. The second-order valence-corrected chi connectivity index (χ2v) is 5.87. The lowest BCUT2D eigenvalue weighted by Crippen LogP contribution is -2.28. The summed E-state index contributed by atoms with van der Waals surface area (Å²) < 4.78 is 5.58.